The number of nitrogens with zero attached hydrogens (tertiary/aromatic N) is 2. The van der Waals surface area contributed by atoms with Crippen molar-refractivity contribution in [3.05, 3.63) is 71.2 Å². The van der Waals surface area contributed by atoms with Gasteiger partial charge < -0.3 is 10.2 Å². The van der Waals surface area contributed by atoms with Crippen LogP contribution in [0.5, 0.6) is 5.75 Å². The molecular weight excluding hydrogens is 342 g/mol. The molecule has 0 atom stereocenters. The van der Waals surface area contributed by atoms with Crippen LogP contribution < -0.4 is 9.03 Å². The van der Waals surface area contributed by atoms with E-state index in [4.69, 9.17) is 5.26 Å². The van der Waals surface area contributed by atoms with Gasteiger partial charge in [0.05, 0.1) is 17.8 Å². The molecule has 2 aromatic carbocycles. The molecule has 0 aromatic heterocycles. The minimum atomic E-state index is -3.94. The van der Waals surface area contributed by atoms with Crippen LogP contribution in [0.25, 0.3) is 0 Å². The van der Waals surface area contributed by atoms with Gasteiger partial charge >= 0.3 is 10.2 Å². The number of hydrogen-bond donors (Lipinski definition) is 3. The first-order valence-electron chi connectivity index (χ1n) is 7.43. The van der Waals surface area contributed by atoms with Gasteiger partial charge in [0.1, 0.15) is 11.4 Å². The topological polar surface area (TPSA) is 114 Å². The van der Waals surface area contributed by atoms with Crippen LogP contribution in [0.1, 0.15) is 16.7 Å². The highest BCUT2D eigenvalue weighted by atomic mass is 32.2. The van der Waals surface area contributed by atoms with E-state index in [-0.39, 0.29) is 11.4 Å². The summed E-state index contributed by atoms with van der Waals surface area (Å²) in [5, 5.41) is 28.6. The van der Waals surface area contributed by atoms with Crippen LogP contribution in [0.2, 0.25) is 0 Å². The van der Waals surface area contributed by atoms with Crippen LogP contribution in [0, 0.1) is 11.3 Å². The maximum absolute atomic E-state index is 11.9. The zero-order valence-electron chi connectivity index (χ0n) is 13.0. The quantitative estimate of drug-likeness (QED) is 0.775. The smallest absolute Gasteiger partial charge is 0.330 e. The third-order valence-corrected chi connectivity index (χ3v) is 5.12. The summed E-state index contributed by atoms with van der Waals surface area (Å²) in [4.78, 5) is 0. The van der Waals surface area contributed by atoms with Crippen molar-refractivity contribution in [2.45, 2.75) is 12.8 Å². The van der Waals surface area contributed by atoms with Gasteiger partial charge in [0.2, 0.25) is 5.88 Å². The standard InChI is InChI=1S/C17H15N3O4S/c18-10-14-4-2-1-3-13(14)7-5-12-6-8-15(16(21)9-12)20-11-17(22)19-25(20,23)24/h1-4,6,8-9,11,19,21-22H,5,7H2. The Morgan fingerprint density at radius 2 is 1.88 bits per heavy atom. The van der Waals surface area contributed by atoms with Crippen LogP contribution in [0.3, 0.4) is 0 Å². The number of aliphatic hydroxyl groups is 1. The Balaban J connectivity index is 1.80. The fourth-order valence-corrected chi connectivity index (χ4v) is 3.69. The van der Waals surface area contributed by atoms with Crippen LogP contribution >= 0.6 is 0 Å². The van der Waals surface area contributed by atoms with Gasteiger partial charge in [-0.05, 0) is 42.2 Å². The maximum atomic E-state index is 11.9. The summed E-state index contributed by atoms with van der Waals surface area (Å²) < 4.78 is 26.4. The van der Waals surface area contributed by atoms with E-state index < -0.39 is 16.1 Å². The van der Waals surface area contributed by atoms with Gasteiger partial charge in [-0.3, -0.25) is 0 Å². The first-order chi connectivity index (χ1) is 11.9. The predicted molar refractivity (Wildman–Crippen MR) is 91.9 cm³/mol. The summed E-state index contributed by atoms with van der Waals surface area (Å²) in [6.45, 7) is 0. The summed E-state index contributed by atoms with van der Waals surface area (Å²) in [5.41, 5.74) is 2.36. The normalized spacial score (nSPS) is 15.3. The molecule has 0 radical (unpaired) electrons. The number of aryl methyl sites for hydroxylation is 2. The lowest BCUT2D eigenvalue weighted by molar-refractivity contribution is 0.392. The number of hydrogen-bond acceptors (Lipinski definition) is 5. The van der Waals surface area contributed by atoms with Crippen molar-refractivity contribution in [2.75, 3.05) is 4.31 Å². The molecule has 0 aliphatic carbocycles. The molecular formula is C17H15N3O4S. The summed E-state index contributed by atoms with van der Waals surface area (Å²) in [6.07, 6.45) is 2.18. The van der Waals surface area contributed by atoms with Gasteiger partial charge in [-0.1, -0.05) is 24.3 Å². The Labute approximate surface area is 145 Å². The number of aliphatic hydroxyl groups excluding tert-OH is 1. The second-order valence-corrected chi connectivity index (χ2v) is 7.06. The highest BCUT2D eigenvalue weighted by Crippen LogP contribution is 2.32. The molecule has 3 N–H and O–H groups in total. The summed E-state index contributed by atoms with van der Waals surface area (Å²) in [6, 6.07) is 14.1. The lowest BCUT2D eigenvalue weighted by Crippen LogP contribution is -2.29. The molecule has 0 fully saturated rings. The van der Waals surface area contributed by atoms with Crippen molar-refractivity contribution in [2.24, 2.45) is 0 Å². The van der Waals surface area contributed by atoms with Gasteiger partial charge in [-0.15, -0.1) is 0 Å². The summed E-state index contributed by atoms with van der Waals surface area (Å²) in [7, 11) is -3.94. The van der Waals surface area contributed by atoms with Crippen molar-refractivity contribution < 1.29 is 18.6 Å². The zero-order valence-corrected chi connectivity index (χ0v) is 13.9. The van der Waals surface area contributed by atoms with Gasteiger partial charge in [-0.2, -0.15) is 13.7 Å². The van der Waals surface area contributed by atoms with Crippen molar-refractivity contribution >= 4 is 15.9 Å². The number of phenols is 1. The van der Waals surface area contributed by atoms with E-state index in [0.29, 0.717) is 18.4 Å². The SMILES string of the molecule is N#Cc1ccccc1CCc1ccc(N2C=C(O)NS2(=O)=O)c(O)c1. The average Bonchev–Trinajstić information content (AvgIpc) is 2.85. The number of nitriles is 1. The Morgan fingerprint density at radius 3 is 2.52 bits per heavy atom. The highest BCUT2D eigenvalue weighted by molar-refractivity contribution is 7.91. The van der Waals surface area contributed by atoms with Gasteiger partial charge in [0.15, 0.2) is 0 Å². The van der Waals surface area contributed by atoms with Crippen molar-refractivity contribution in [3.8, 4) is 11.8 Å². The molecule has 128 valence electrons. The monoisotopic (exact) mass is 357 g/mol. The van der Waals surface area contributed by atoms with Gasteiger partial charge in [0.25, 0.3) is 0 Å². The van der Waals surface area contributed by atoms with E-state index in [1.807, 2.05) is 16.9 Å². The Morgan fingerprint density at radius 1 is 1.12 bits per heavy atom. The zero-order chi connectivity index (χ0) is 18.0. The molecule has 1 aliphatic heterocycles. The van der Waals surface area contributed by atoms with E-state index in [1.54, 1.807) is 18.2 Å². The van der Waals surface area contributed by atoms with Gasteiger partial charge in [0, 0.05) is 0 Å². The number of rotatable bonds is 4. The molecule has 25 heavy (non-hydrogen) atoms. The molecule has 3 rings (SSSR count). The van der Waals surface area contributed by atoms with Crippen LogP contribution in [-0.2, 0) is 23.1 Å². The largest absolute Gasteiger partial charge is 0.506 e. The Kier molecular flexibility index (Phi) is 4.25. The molecule has 2 aromatic rings. The summed E-state index contributed by atoms with van der Waals surface area (Å²) in [5.74, 6) is -0.737. The van der Waals surface area contributed by atoms with E-state index in [2.05, 4.69) is 6.07 Å². The first-order valence-corrected chi connectivity index (χ1v) is 8.87. The third kappa shape index (κ3) is 3.36. The highest BCUT2D eigenvalue weighted by Gasteiger charge is 2.30. The summed E-state index contributed by atoms with van der Waals surface area (Å²) >= 11 is 0. The fraction of sp³-hybridized carbons (Fsp3) is 0.118. The van der Waals surface area contributed by atoms with Crippen LogP contribution in [0.4, 0.5) is 5.69 Å². The average molecular weight is 357 g/mol. The number of anilines is 1. The Hall–Kier alpha value is -3.18. The molecule has 8 heteroatoms. The molecule has 7 nitrogen and oxygen atoms in total. The maximum Gasteiger partial charge on any atom is 0.330 e. The van der Waals surface area contributed by atoms with Crippen molar-refractivity contribution in [1.29, 1.82) is 5.26 Å². The second-order valence-electron chi connectivity index (χ2n) is 5.51. The molecule has 0 saturated carbocycles. The minimum absolute atomic E-state index is 0.0396. The first kappa shape index (κ1) is 16.7. The Bertz CT molecular complexity index is 993. The number of aromatic hydroxyl groups is 1. The second kappa shape index (κ2) is 6.37. The molecule has 0 amide bonds. The third-order valence-electron chi connectivity index (χ3n) is 3.83. The number of benzene rings is 2. The lowest BCUT2D eigenvalue weighted by Gasteiger charge is -2.16. The molecule has 0 unspecified atom stereocenters. The van der Waals surface area contributed by atoms with Crippen LogP contribution in [-0.4, -0.2) is 18.6 Å². The van der Waals surface area contributed by atoms with Crippen molar-refractivity contribution in [3.63, 3.8) is 0 Å². The van der Waals surface area contributed by atoms with E-state index >= 15 is 0 Å². The van der Waals surface area contributed by atoms with Gasteiger partial charge in [-0.25, -0.2) is 9.03 Å². The van der Waals surface area contributed by atoms with E-state index in [9.17, 15) is 18.6 Å². The lowest BCUT2D eigenvalue weighted by atomic mass is 10.00. The molecule has 0 bridgehead atoms. The molecule has 0 saturated heterocycles. The number of nitrogens with one attached hydrogen (secondary N) is 1. The van der Waals surface area contributed by atoms with E-state index in [0.717, 1.165) is 21.6 Å². The molecule has 1 aliphatic rings. The van der Waals surface area contributed by atoms with E-state index in [1.165, 1.54) is 12.1 Å². The minimum Gasteiger partial charge on any atom is -0.506 e. The predicted octanol–water partition coefficient (Wildman–Crippen LogP) is 2.06. The van der Waals surface area contributed by atoms with Crippen LogP contribution in [0.15, 0.2) is 54.5 Å². The molecule has 1 heterocycles. The van der Waals surface area contributed by atoms with Crippen molar-refractivity contribution in [1.82, 2.24) is 4.72 Å². The molecule has 0 spiro atoms. The number of phenolic OH excluding ortho intramolecular Hbond substituents is 1. The fourth-order valence-electron chi connectivity index (χ4n) is 2.62.